The standard InChI is InChI=1S/C21H26N2O4/c1-23(2)8-9-25-20-12-16-14(10-18(20)24-3)6-7-22-21(16)15-4-5-17-19(11-15)27-13-26-17/h4-5,10-12,21-22H,6-9,13H2,1-3H3. The van der Waals surface area contributed by atoms with Crippen LogP contribution in [0, 0.1) is 0 Å². The van der Waals surface area contributed by atoms with Crippen molar-refractivity contribution in [2.24, 2.45) is 0 Å². The summed E-state index contributed by atoms with van der Waals surface area (Å²) in [5, 5.41) is 3.62. The lowest BCUT2D eigenvalue weighted by Crippen LogP contribution is -2.30. The Balaban J connectivity index is 1.66. The zero-order valence-corrected chi connectivity index (χ0v) is 16.1. The van der Waals surface area contributed by atoms with Crippen LogP contribution in [0.2, 0.25) is 0 Å². The van der Waals surface area contributed by atoms with Gasteiger partial charge in [-0.3, -0.25) is 0 Å². The van der Waals surface area contributed by atoms with E-state index in [2.05, 4.69) is 34.5 Å². The number of benzene rings is 2. The van der Waals surface area contributed by atoms with Gasteiger partial charge in [-0.2, -0.15) is 0 Å². The first kappa shape index (κ1) is 17.9. The first-order valence-electron chi connectivity index (χ1n) is 9.27. The van der Waals surface area contributed by atoms with E-state index in [4.69, 9.17) is 18.9 Å². The van der Waals surface area contributed by atoms with Crippen LogP contribution in [0.1, 0.15) is 22.7 Å². The largest absolute Gasteiger partial charge is 0.493 e. The Bertz CT molecular complexity index is 822. The molecule has 0 spiro atoms. The molecular formula is C21H26N2O4. The van der Waals surface area contributed by atoms with Crippen molar-refractivity contribution < 1.29 is 18.9 Å². The molecule has 1 atom stereocenters. The van der Waals surface area contributed by atoms with Crippen molar-refractivity contribution in [1.82, 2.24) is 10.2 Å². The minimum atomic E-state index is 0.0883. The fourth-order valence-corrected chi connectivity index (χ4v) is 3.56. The molecule has 1 unspecified atom stereocenters. The summed E-state index contributed by atoms with van der Waals surface area (Å²) in [4.78, 5) is 2.10. The lowest BCUT2D eigenvalue weighted by Gasteiger charge is -2.29. The number of hydrogen-bond acceptors (Lipinski definition) is 6. The van der Waals surface area contributed by atoms with Gasteiger partial charge in [0.05, 0.1) is 13.2 Å². The highest BCUT2D eigenvalue weighted by atomic mass is 16.7. The SMILES string of the molecule is COc1cc2c(cc1OCCN(C)C)C(c1ccc3c(c1)OCO3)NCC2. The number of rotatable bonds is 6. The van der Waals surface area contributed by atoms with Crippen LogP contribution in [0.3, 0.4) is 0 Å². The van der Waals surface area contributed by atoms with Gasteiger partial charge in [-0.15, -0.1) is 0 Å². The molecule has 2 aliphatic rings. The number of hydrogen-bond donors (Lipinski definition) is 1. The van der Waals surface area contributed by atoms with Gasteiger partial charge in [0.2, 0.25) is 6.79 Å². The molecule has 6 nitrogen and oxygen atoms in total. The smallest absolute Gasteiger partial charge is 0.231 e. The Labute approximate surface area is 160 Å². The summed E-state index contributed by atoms with van der Waals surface area (Å²) in [6, 6.07) is 10.5. The molecule has 2 aromatic carbocycles. The predicted molar refractivity (Wildman–Crippen MR) is 103 cm³/mol. The van der Waals surface area contributed by atoms with Crippen LogP contribution in [-0.2, 0) is 6.42 Å². The first-order chi connectivity index (χ1) is 13.2. The van der Waals surface area contributed by atoms with Gasteiger partial charge >= 0.3 is 0 Å². The minimum absolute atomic E-state index is 0.0883. The van der Waals surface area contributed by atoms with Gasteiger partial charge in [-0.25, -0.2) is 0 Å². The van der Waals surface area contributed by atoms with Crippen molar-refractivity contribution in [2.75, 3.05) is 47.7 Å². The molecule has 6 heteroatoms. The summed E-state index contributed by atoms with van der Waals surface area (Å²) in [7, 11) is 5.76. The van der Waals surface area contributed by atoms with Crippen molar-refractivity contribution in [3.8, 4) is 23.0 Å². The van der Waals surface area contributed by atoms with Crippen LogP contribution in [0.25, 0.3) is 0 Å². The molecular weight excluding hydrogens is 344 g/mol. The highest BCUT2D eigenvalue weighted by molar-refractivity contribution is 5.53. The molecule has 0 bridgehead atoms. The summed E-state index contributed by atoms with van der Waals surface area (Å²) in [6.07, 6.45) is 0.963. The van der Waals surface area contributed by atoms with Gasteiger partial charge in [-0.1, -0.05) is 6.07 Å². The van der Waals surface area contributed by atoms with Crippen molar-refractivity contribution in [3.63, 3.8) is 0 Å². The van der Waals surface area contributed by atoms with Crippen LogP contribution in [-0.4, -0.2) is 52.6 Å². The molecule has 27 heavy (non-hydrogen) atoms. The number of nitrogens with zero attached hydrogens (tertiary/aromatic N) is 1. The molecule has 2 heterocycles. The van der Waals surface area contributed by atoms with Crippen LogP contribution >= 0.6 is 0 Å². The van der Waals surface area contributed by atoms with E-state index in [9.17, 15) is 0 Å². The quantitative estimate of drug-likeness (QED) is 0.844. The van der Waals surface area contributed by atoms with Crippen LogP contribution < -0.4 is 24.3 Å². The maximum atomic E-state index is 6.02. The Morgan fingerprint density at radius 3 is 2.78 bits per heavy atom. The highest BCUT2D eigenvalue weighted by Crippen LogP contribution is 2.40. The number of likely N-dealkylation sites (N-methyl/N-ethyl adjacent to an activating group) is 1. The van der Waals surface area contributed by atoms with Gasteiger partial charge in [0.25, 0.3) is 0 Å². The summed E-state index contributed by atoms with van der Waals surface area (Å²) < 4.78 is 22.6. The average Bonchev–Trinajstić information content (AvgIpc) is 3.14. The van der Waals surface area contributed by atoms with Gasteiger partial charge < -0.3 is 29.2 Å². The molecule has 4 rings (SSSR count). The highest BCUT2D eigenvalue weighted by Gasteiger charge is 2.26. The third-order valence-corrected chi connectivity index (χ3v) is 5.01. The second-order valence-corrected chi connectivity index (χ2v) is 7.10. The zero-order valence-electron chi connectivity index (χ0n) is 16.1. The number of nitrogens with one attached hydrogen (secondary N) is 1. The maximum Gasteiger partial charge on any atom is 0.231 e. The molecule has 2 aromatic rings. The van der Waals surface area contributed by atoms with Crippen molar-refractivity contribution >= 4 is 0 Å². The third-order valence-electron chi connectivity index (χ3n) is 5.01. The number of methoxy groups -OCH3 is 1. The van der Waals surface area contributed by atoms with E-state index in [1.165, 1.54) is 11.1 Å². The van der Waals surface area contributed by atoms with E-state index in [1.807, 2.05) is 20.2 Å². The first-order valence-corrected chi connectivity index (χ1v) is 9.27. The second kappa shape index (κ2) is 7.66. The number of fused-ring (bicyclic) bond motifs is 2. The minimum Gasteiger partial charge on any atom is -0.493 e. The second-order valence-electron chi connectivity index (χ2n) is 7.10. The van der Waals surface area contributed by atoms with Gasteiger partial charge in [-0.05, 0) is 61.5 Å². The molecule has 144 valence electrons. The average molecular weight is 370 g/mol. The van der Waals surface area contributed by atoms with E-state index < -0.39 is 0 Å². The molecule has 0 radical (unpaired) electrons. The summed E-state index contributed by atoms with van der Waals surface area (Å²) in [6.45, 7) is 2.67. The van der Waals surface area contributed by atoms with E-state index in [-0.39, 0.29) is 12.8 Å². The van der Waals surface area contributed by atoms with Crippen molar-refractivity contribution in [1.29, 1.82) is 0 Å². The van der Waals surface area contributed by atoms with E-state index in [0.29, 0.717) is 6.61 Å². The van der Waals surface area contributed by atoms with Gasteiger partial charge in [0.1, 0.15) is 6.61 Å². The Hall–Kier alpha value is -2.44. The van der Waals surface area contributed by atoms with E-state index in [1.54, 1.807) is 7.11 Å². The molecule has 0 amide bonds. The molecule has 0 saturated heterocycles. The topological polar surface area (TPSA) is 52.2 Å². The number of ether oxygens (including phenoxy) is 4. The van der Waals surface area contributed by atoms with Gasteiger partial charge in [0.15, 0.2) is 23.0 Å². The predicted octanol–water partition coefficient (Wildman–Crippen LogP) is 2.60. The Kier molecular flexibility index (Phi) is 5.09. The molecule has 0 saturated carbocycles. The van der Waals surface area contributed by atoms with Crippen molar-refractivity contribution in [2.45, 2.75) is 12.5 Å². The fourth-order valence-electron chi connectivity index (χ4n) is 3.56. The Morgan fingerprint density at radius 2 is 1.96 bits per heavy atom. The summed E-state index contributed by atoms with van der Waals surface area (Å²) in [5.74, 6) is 3.18. The monoisotopic (exact) mass is 370 g/mol. The van der Waals surface area contributed by atoms with Crippen LogP contribution in [0.15, 0.2) is 30.3 Å². The third kappa shape index (κ3) is 3.68. The van der Waals surface area contributed by atoms with Crippen LogP contribution in [0.4, 0.5) is 0 Å². The lowest BCUT2D eigenvalue weighted by molar-refractivity contribution is 0.174. The maximum absolute atomic E-state index is 6.02. The van der Waals surface area contributed by atoms with E-state index in [0.717, 1.165) is 48.1 Å². The molecule has 0 aliphatic carbocycles. The Morgan fingerprint density at radius 1 is 1.11 bits per heavy atom. The van der Waals surface area contributed by atoms with Gasteiger partial charge in [0, 0.05) is 13.1 Å². The molecule has 1 N–H and O–H groups in total. The fraction of sp³-hybridized carbons (Fsp3) is 0.429. The molecule has 0 aromatic heterocycles. The normalized spacial score (nSPS) is 17.7. The van der Waals surface area contributed by atoms with E-state index >= 15 is 0 Å². The summed E-state index contributed by atoms with van der Waals surface area (Å²) >= 11 is 0. The summed E-state index contributed by atoms with van der Waals surface area (Å²) in [5.41, 5.74) is 3.67. The van der Waals surface area contributed by atoms with Crippen LogP contribution in [0.5, 0.6) is 23.0 Å². The zero-order chi connectivity index (χ0) is 18.8. The lowest BCUT2D eigenvalue weighted by atomic mass is 9.89. The molecule has 0 fully saturated rings. The van der Waals surface area contributed by atoms with Crippen molar-refractivity contribution in [3.05, 3.63) is 47.0 Å². The molecule has 2 aliphatic heterocycles.